The van der Waals surface area contributed by atoms with Gasteiger partial charge in [-0.1, -0.05) is 31.5 Å². The Labute approximate surface area is 101 Å². The molecule has 0 aliphatic heterocycles. The van der Waals surface area contributed by atoms with Crippen LogP contribution >= 0.6 is 11.6 Å². The third-order valence-corrected chi connectivity index (χ3v) is 3.10. The van der Waals surface area contributed by atoms with E-state index in [2.05, 4.69) is 0 Å². The van der Waals surface area contributed by atoms with E-state index in [4.69, 9.17) is 22.1 Å². The highest BCUT2D eigenvalue weighted by atomic mass is 35.5. The van der Waals surface area contributed by atoms with Crippen molar-refractivity contribution in [1.29, 1.82) is 0 Å². The number of hydrogen-bond acceptors (Lipinski definition) is 3. The molecule has 16 heavy (non-hydrogen) atoms. The summed E-state index contributed by atoms with van der Waals surface area (Å²) < 4.78 is 5.13. The van der Waals surface area contributed by atoms with Crippen LogP contribution in [0.5, 0.6) is 5.75 Å². The highest BCUT2D eigenvalue weighted by molar-refractivity contribution is 6.32. The van der Waals surface area contributed by atoms with Gasteiger partial charge in [-0.2, -0.15) is 0 Å². The maximum absolute atomic E-state index is 9.27. The van der Waals surface area contributed by atoms with E-state index in [1.807, 2.05) is 26.0 Å². The summed E-state index contributed by atoms with van der Waals surface area (Å²) in [7, 11) is 1.56. The minimum atomic E-state index is -0.376. The molecule has 0 radical (unpaired) electrons. The van der Waals surface area contributed by atoms with E-state index >= 15 is 0 Å². The topological polar surface area (TPSA) is 55.5 Å². The van der Waals surface area contributed by atoms with E-state index in [-0.39, 0.29) is 18.1 Å². The molecule has 0 saturated heterocycles. The maximum atomic E-state index is 9.27. The van der Waals surface area contributed by atoms with E-state index in [1.165, 1.54) is 0 Å². The molecular weight excluding hydrogens is 226 g/mol. The highest BCUT2D eigenvalue weighted by Crippen LogP contribution is 2.34. The van der Waals surface area contributed by atoms with Crippen molar-refractivity contribution >= 4 is 11.6 Å². The molecule has 1 atom stereocenters. The summed E-state index contributed by atoms with van der Waals surface area (Å²) in [6.07, 6.45) is 0. The van der Waals surface area contributed by atoms with Crippen LogP contribution in [0.2, 0.25) is 5.02 Å². The third kappa shape index (κ3) is 2.67. The van der Waals surface area contributed by atoms with Crippen molar-refractivity contribution in [2.45, 2.75) is 19.9 Å². The van der Waals surface area contributed by atoms with Crippen molar-refractivity contribution in [1.82, 2.24) is 0 Å². The fraction of sp³-hybridized carbons (Fsp3) is 0.500. The lowest BCUT2D eigenvalue weighted by Gasteiger charge is -2.30. The van der Waals surface area contributed by atoms with Gasteiger partial charge in [0.25, 0.3) is 0 Å². The Morgan fingerprint density at radius 2 is 2.12 bits per heavy atom. The number of halogens is 1. The van der Waals surface area contributed by atoms with Crippen LogP contribution in [0.15, 0.2) is 18.2 Å². The lowest BCUT2D eigenvalue weighted by atomic mass is 9.82. The van der Waals surface area contributed by atoms with Crippen LogP contribution in [-0.4, -0.2) is 18.8 Å². The van der Waals surface area contributed by atoms with E-state index in [0.717, 1.165) is 5.56 Å². The van der Waals surface area contributed by atoms with Crippen LogP contribution in [0, 0.1) is 5.41 Å². The first kappa shape index (κ1) is 13.3. The van der Waals surface area contributed by atoms with E-state index in [1.54, 1.807) is 13.2 Å². The summed E-state index contributed by atoms with van der Waals surface area (Å²) in [6.45, 7) is 3.86. The predicted molar refractivity (Wildman–Crippen MR) is 65.8 cm³/mol. The molecule has 0 heterocycles. The first-order valence-electron chi connectivity index (χ1n) is 5.12. The summed E-state index contributed by atoms with van der Waals surface area (Å²) >= 11 is 5.93. The van der Waals surface area contributed by atoms with Crippen molar-refractivity contribution in [3.05, 3.63) is 28.8 Å². The molecule has 0 saturated carbocycles. The van der Waals surface area contributed by atoms with Gasteiger partial charge in [-0.15, -0.1) is 0 Å². The quantitative estimate of drug-likeness (QED) is 0.854. The average molecular weight is 244 g/mol. The monoisotopic (exact) mass is 243 g/mol. The summed E-state index contributed by atoms with van der Waals surface area (Å²) in [5.41, 5.74) is 6.63. The zero-order chi connectivity index (χ0) is 12.3. The second-order valence-electron chi connectivity index (χ2n) is 4.52. The molecule has 3 nitrogen and oxygen atoms in total. The largest absolute Gasteiger partial charge is 0.495 e. The Morgan fingerprint density at radius 3 is 2.62 bits per heavy atom. The first-order valence-corrected chi connectivity index (χ1v) is 5.50. The molecule has 0 bridgehead atoms. The molecule has 0 unspecified atom stereocenters. The average Bonchev–Trinajstić information content (AvgIpc) is 2.28. The van der Waals surface area contributed by atoms with Crippen molar-refractivity contribution in [2.75, 3.05) is 13.7 Å². The van der Waals surface area contributed by atoms with E-state index in [0.29, 0.717) is 10.8 Å². The third-order valence-electron chi connectivity index (χ3n) is 2.78. The fourth-order valence-corrected chi connectivity index (χ4v) is 1.61. The molecule has 1 rings (SSSR count). The van der Waals surface area contributed by atoms with Gasteiger partial charge >= 0.3 is 0 Å². The second kappa shape index (κ2) is 5.04. The van der Waals surface area contributed by atoms with Gasteiger partial charge < -0.3 is 15.6 Å². The molecule has 3 N–H and O–H groups in total. The molecule has 0 amide bonds. The normalized spacial score (nSPS) is 13.6. The van der Waals surface area contributed by atoms with Gasteiger partial charge in [-0.05, 0) is 17.7 Å². The van der Waals surface area contributed by atoms with E-state index < -0.39 is 0 Å². The predicted octanol–water partition coefficient (Wildman–Crippen LogP) is 2.37. The van der Waals surface area contributed by atoms with Crippen molar-refractivity contribution in [3.63, 3.8) is 0 Å². The summed E-state index contributed by atoms with van der Waals surface area (Å²) in [6, 6.07) is 5.16. The van der Waals surface area contributed by atoms with Gasteiger partial charge in [-0.3, -0.25) is 0 Å². The first-order chi connectivity index (χ1) is 7.42. The van der Waals surface area contributed by atoms with Gasteiger partial charge in [0.1, 0.15) is 5.75 Å². The Hall–Kier alpha value is -0.770. The number of rotatable bonds is 4. The number of aliphatic hydroxyl groups excluding tert-OH is 1. The molecule has 0 spiro atoms. The number of ether oxygens (including phenoxy) is 1. The Morgan fingerprint density at radius 1 is 1.50 bits per heavy atom. The van der Waals surface area contributed by atoms with Crippen LogP contribution in [0.3, 0.4) is 0 Å². The van der Waals surface area contributed by atoms with Crippen LogP contribution in [0.25, 0.3) is 0 Å². The number of benzene rings is 1. The molecule has 1 aromatic carbocycles. The maximum Gasteiger partial charge on any atom is 0.137 e. The lowest BCUT2D eigenvalue weighted by Crippen LogP contribution is -2.32. The molecule has 0 aromatic heterocycles. The van der Waals surface area contributed by atoms with Crippen molar-refractivity contribution in [3.8, 4) is 5.75 Å². The van der Waals surface area contributed by atoms with Gasteiger partial charge in [0.2, 0.25) is 0 Å². The summed E-state index contributed by atoms with van der Waals surface area (Å²) in [5, 5.41) is 9.83. The second-order valence-corrected chi connectivity index (χ2v) is 4.93. The SMILES string of the molecule is COc1cc([C@@H](N)C(C)(C)CO)ccc1Cl. The minimum absolute atomic E-state index is 0.0269. The smallest absolute Gasteiger partial charge is 0.137 e. The van der Waals surface area contributed by atoms with Gasteiger partial charge in [-0.25, -0.2) is 0 Å². The Kier molecular flexibility index (Phi) is 4.19. The number of nitrogens with two attached hydrogens (primary N) is 1. The standard InChI is InChI=1S/C12H18ClNO2/c1-12(2,7-15)11(14)8-4-5-9(13)10(6-8)16-3/h4-6,11,15H,7,14H2,1-3H3/t11-/m1/s1. The molecule has 1 aromatic rings. The zero-order valence-corrected chi connectivity index (χ0v) is 10.6. The molecular formula is C12H18ClNO2. The van der Waals surface area contributed by atoms with Gasteiger partial charge in [0.05, 0.1) is 12.1 Å². The number of hydrogen-bond donors (Lipinski definition) is 2. The molecule has 4 heteroatoms. The molecule has 0 fully saturated rings. The van der Waals surface area contributed by atoms with Crippen LogP contribution in [0.4, 0.5) is 0 Å². The summed E-state index contributed by atoms with van der Waals surface area (Å²) in [4.78, 5) is 0. The van der Waals surface area contributed by atoms with Crippen LogP contribution in [-0.2, 0) is 0 Å². The fourth-order valence-electron chi connectivity index (χ4n) is 1.42. The summed E-state index contributed by atoms with van der Waals surface area (Å²) in [5.74, 6) is 0.600. The molecule has 0 aliphatic rings. The Bertz CT molecular complexity index is 366. The highest BCUT2D eigenvalue weighted by Gasteiger charge is 2.27. The van der Waals surface area contributed by atoms with Crippen LogP contribution < -0.4 is 10.5 Å². The van der Waals surface area contributed by atoms with E-state index in [9.17, 15) is 5.11 Å². The lowest BCUT2D eigenvalue weighted by molar-refractivity contribution is 0.132. The van der Waals surface area contributed by atoms with Crippen molar-refractivity contribution in [2.24, 2.45) is 11.1 Å². The Balaban J connectivity index is 3.05. The van der Waals surface area contributed by atoms with Crippen molar-refractivity contribution < 1.29 is 9.84 Å². The number of methoxy groups -OCH3 is 1. The molecule has 90 valence electrons. The van der Waals surface area contributed by atoms with Gasteiger partial charge in [0.15, 0.2) is 0 Å². The molecule has 0 aliphatic carbocycles. The van der Waals surface area contributed by atoms with Gasteiger partial charge in [0, 0.05) is 18.1 Å². The minimum Gasteiger partial charge on any atom is -0.495 e. The van der Waals surface area contributed by atoms with Crippen LogP contribution in [0.1, 0.15) is 25.5 Å². The zero-order valence-electron chi connectivity index (χ0n) is 9.83. The number of aliphatic hydroxyl groups is 1.